The lowest BCUT2D eigenvalue weighted by Crippen LogP contribution is -2.31. The van der Waals surface area contributed by atoms with E-state index in [9.17, 15) is 4.79 Å². The van der Waals surface area contributed by atoms with Crippen LogP contribution in [0.15, 0.2) is 12.4 Å². The molecule has 2 aromatic rings. The fraction of sp³-hybridized carbons (Fsp3) is 0.650. The molecule has 7 nitrogen and oxygen atoms in total. The first kappa shape index (κ1) is 19.8. The molecule has 0 amide bonds. The van der Waals surface area contributed by atoms with Crippen LogP contribution in [0.1, 0.15) is 60.7 Å². The molecule has 0 radical (unpaired) electrons. The summed E-state index contributed by atoms with van der Waals surface area (Å²) in [5, 5.41) is 4.75. The quantitative estimate of drug-likeness (QED) is 0.512. The Morgan fingerprint density at radius 1 is 1.41 bits per heavy atom. The first-order valence-electron chi connectivity index (χ1n) is 9.89. The van der Waals surface area contributed by atoms with Crippen molar-refractivity contribution in [3.05, 3.63) is 35.2 Å². The molecule has 1 aliphatic heterocycles. The van der Waals surface area contributed by atoms with Crippen molar-refractivity contribution in [2.24, 2.45) is 5.92 Å². The number of methoxy groups -OCH3 is 1. The number of Topliss-reactive ketones (excluding diaryl/α,β-unsaturated/α-hetero) is 1. The molecule has 7 heteroatoms. The first-order valence-corrected chi connectivity index (χ1v) is 9.89. The number of hydrogen-bond acceptors (Lipinski definition) is 5. The fourth-order valence-corrected chi connectivity index (χ4v) is 3.56. The SMILES string of the molecule is COCCCC(=O)c1nn(CCC(C)C)c2c1CN(Cc1ncc[nH]1)CC2. The molecule has 0 saturated carbocycles. The number of rotatable bonds is 10. The molecular formula is C20H31N5O2. The Labute approximate surface area is 161 Å². The van der Waals surface area contributed by atoms with Crippen LogP contribution in [0.5, 0.6) is 0 Å². The number of ketones is 1. The van der Waals surface area contributed by atoms with Crippen LogP contribution in [-0.4, -0.2) is 50.7 Å². The third-order valence-corrected chi connectivity index (χ3v) is 5.08. The number of aromatic amines is 1. The maximum absolute atomic E-state index is 12.8. The molecule has 0 atom stereocenters. The van der Waals surface area contributed by atoms with Crippen molar-refractivity contribution in [2.75, 3.05) is 20.3 Å². The average Bonchev–Trinajstić information content (AvgIpc) is 3.27. The van der Waals surface area contributed by atoms with Gasteiger partial charge in [0, 0.05) is 69.8 Å². The Morgan fingerprint density at radius 3 is 2.96 bits per heavy atom. The molecule has 0 unspecified atom stereocenters. The van der Waals surface area contributed by atoms with Gasteiger partial charge in [-0.2, -0.15) is 5.10 Å². The highest BCUT2D eigenvalue weighted by Gasteiger charge is 2.28. The number of nitrogens with zero attached hydrogens (tertiary/aromatic N) is 4. The van der Waals surface area contributed by atoms with Gasteiger partial charge in [0.25, 0.3) is 0 Å². The van der Waals surface area contributed by atoms with Crippen molar-refractivity contribution in [2.45, 2.75) is 59.2 Å². The van der Waals surface area contributed by atoms with Crippen molar-refractivity contribution < 1.29 is 9.53 Å². The van der Waals surface area contributed by atoms with Gasteiger partial charge in [0.1, 0.15) is 11.5 Å². The van der Waals surface area contributed by atoms with E-state index in [1.54, 1.807) is 13.3 Å². The van der Waals surface area contributed by atoms with E-state index in [0.29, 0.717) is 24.6 Å². The highest BCUT2D eigenvalue weighted by Crippen LogP contribution is 2.25. The van der Waals surface area contributed by atoms with Crippen LogP contribution in [0.3, 0.4) is 0 Å². The van der Waals surface area contributed by atoms with E-state index in [1.165, 1.54) is 5.69 Å². The molecule has 27 heavy (non-hydrogen) atoms. The number of imidazole rings is 1. The van der Waals surface area contributed by atoms with E-state index in [1.807, 2.05) is 6.20 Å². The number of hydrogen-bond donors (Lipinski definition) is 1. The van der Waals surface area contributed by atoms with Crippen molar-refractivity contribution in [3.63, 3.8) is 0 Å². The molecule has 0 spiro atoms. The summed E-state index contributed by atoms with van der Waals surface area (Å²) in [6.07, 6.45) is 6.84. The highest BCUT2D eigenvalue weighted by atomic mass is 16.5. The number of ether oxygens (including phenoxy) is 1. The van der Waals surface area contributed by atoms with Gasteiger partial charge in [-0.1, -0.05) is 13.8 Å². The lowest BCUT2D eigenvalue weighted by molar-refractivity contribution is 0.0955. The summed E-state index contributed by atoms with van der Waals surface area (Å²) in [5.74, 6) is 1.70. The average molecular weight is 374 g/mol. The summed E-state index contributed by atoms with van der Waals surface area (Å²) >= 11 is 0. The number of aromatic nitrogens is 4. The maximum atomic E-state index is 12.8. The van der Waals surface area contributed by atoms with Crippen molar-refractivity contribution in [1.82, 2.24) is 24.6 Å². The van der Waals surface area contributed by atoms with Gasteiger partial charge in [-0.15, -0.1) is 0 Å². The highest BCUT2D eigenvalue weighted by molar-refractivity contribution is 5.95. The Balaban J connectivity index is 1.78. The summed E-state index contributed by atoms with van der Waals surface area (Å²) in [7, 11) is 1.67. The number of aryl methyl sites for hydroxylation is 1. The van der Waals surface area contributed by atoms with Gasteiger partial charge < -0.3 is 9.72 Å². The van der Waals surface area contributed by atoms with Crippen LogP contribution in [0.25, 0.3) is 0 Å². The summed E-state index contributed by atoms with van der Waals surface area (Å²) in [6, 6.07) is 0. The summed E-state index contributed by atoms with van der Waals surface area (Å²) in [4.78, 5) is 22.6. The number of fused-ring (bicyclic) bond motifs is 1. The first-order chi connectivity index (χ1) is 13.1. The van der Waals surface area contributed by atoms with Crippen LogP contribution in [-0.2, 0) is 30.8 Å². The lowest BCUT2D eigenvalue weighted by atomic mass is 10.0. The molecule has 2 aromatic heterocycles. The van der Waals surface area contributed by atoms with Crippen molar-refractivity contribution in [3.8, 4) is 0 Å². The number of carbonyl (C=O) groups is 1. The molecule has 1 aliphatic rings. The zero-order valence-electron chi connectivity index (χ0n) is 16.7. The Hall–Kier alpha value is -1.99. The standard InChI is InChI=1S/C20H31N5O2/c1-15(2)6-11-25-17-7-10-24(14-19-21-8-9-22-19)13-16(17)20(23-25)18(26)5-4-12-27-3/h8-9,15H,4-7,10-14H2,1-3H3,(H,21,22). The Morgan fingerprint density at radius 2 is 2.26 bits per heavy atom. The number of carbonyl (C=O) groups excluding carboxylic acids is 1. The molecule has 0 bridgehead atoms. The van der Waals surface area contributed by atoms with Gasteiger partial charge in [-0.25, -0.2) is 4.98 Å². The predicted molar refractivity (Wildman–Crippen MR) is 104 cm³/mol. The minimum Gasteiger partial charge on any atom is -0.385 e. The fourth-order valence-electron chi connectivity index (χ4n) is 3.56. The second-order valence-electron chi connectivity index (χ2n) is 7.70. The van der Waals surface area contributed by atoms with Crippen LogP contribution in [0.2, 0.25) is 0 Å². The largest absolute Gasteiger partial charge is 0.385 e. The number of nitrogens with one attached hydrogen (secondary N) is 1. The molecule has 3 heterocycles. The van der Waals surface area contributed by atoms with Gasteiger partial charge in [0.05, 0.1) is 6.54 Å². The van der Waals surface area contributed by atoms with Gasteiger partial charge in [-0.3, -0.25) is 14.4 Å². The monoisotopic (exact) mass is 373 g/mol. The van der Waals surface area contributed by atoms with E-state index in [0.717, 1.165) is 56.8 Å². The van der Waals surface area contributed by atoms with Crippen LogP contribution in [0.4, 0.5) is 0 Å². The van der Waals surface area contributed by atoms with Gasteiger partial charge >= 0.3 is 0 Å². The zero-order chi connectivity index (χ0) is 19.2. The molecule has 0 aliphatic carbocycles. The van der Waals surface area contributed by atoms with Gasteiger partial charge in [-0.05, 0) is 18.8 Å². The molecule has 1 N–H and O–H groups in total. The summed E-state index contributed by atoms with van der Waals surface area (Å²) in [5.41, 5.74) is 3.01. The topological polar surface area (TPSA) is 76.0 Å². The maximum Gasteiger partial charge on any atom is 0.183 e. The third kappa shape index (κ3) is 5.05. The van der Waals surface area contributed by atoms with E-state index in [-0.39, 0.29) is 5.78 Å². The Kier molecular flexibility index (Phi) is 6.79. The third-order valence-electron chi connectivity index (χ3n) is 5.08. The predicted octanol–water partition coefficient (Wildman–Crippen LogP) is 2.82. The number of H-pyrrole nitrogens is 1. The molecule has 0 saturated heterocycles. The van der Waals surface area contributed by atoms with Gasteiger partial charge in [0.2, 0.25) is 0 Å². The molecular weight excluding hydrogens is 342 g/mol. The summed E-state index contributed by atoms with van der Waals surface area (Å²) in [6.45, 7) is 8.40. The molecule has 3 rings (SSSR count). The van der Waals surface area contributed by atoms with E-state index in [4.69, 9.17) is 9.84 Å². The molecule has 0 aromatic carbocycles. The van der Waals surface area contributed by atoms with Crippen molar-refractivity contribution >= 4 is 5.78 Å². The lowest BCUT2D eigenvalue weighted by Gasteiger charge is -2.27. The zero-order valence-corrected chi connectivity index (χ0v) is 16.7. The van der Waals surface area contributed by atoms with Crippen molar-refractivity contribution in [1.29, 1.82) is 0 Å². The van der Waals surface area contributed by atoms with E-state index >= 15 is 0 Å². The normalized spacial score (nSPS) is 14.7. The van der Waals surface area contributed by atoms with Crippen LogP contribution >= 0.6 is 0 Å². The van der Waals surface area contributed by atoms with E-state index in [2.05, 4.69) is 33.4 Å². The smallest absolute Gasteiger partial charge is 0.183 e. The van der Waals surface area contributed by atoms with E-state index < -0.39 is 0 Å². The Bertz CT molecular complexity index is 736. The van der Waals surface area contributed by atoms with Crippen LogP contribution in [0, 0.1) is 5.92 Å². The van der Waals surface area contributed by atoms with Gasteiger partial charge in [0.15, 0.2) is 5.78 Å². The minimum atomic E-state index is 0.131. The molecule has 0 fully saturated rings. The second kappa shape index (κ2) is 9.28. The molecule has 148 valence electrons. The minimum absolute atomic E-state index is 0.131. The van der Waals surface area contributed by atoms with Crippen LogP contribution < -0.4 is 0 Å². The summed E-state index contributed by atoms with van der Waals surface area (Å²) < 4.78 is 7.18. The second-order valence-corrected chi connectivity index (χ2v) is 7.70.